The number of fused-ring (bicyclic) bond motifs is 1. The second kappa shape index (κ2) is 8.99. The molecule has 1 saturated carbocycles. The Balaban J connectivity index is 1.40. The minimum absolute atomic E-state index is 0.000184. The summed E-state index contributed by atoms with van der Waals surface area (Å²) in [5.41, 5.74) is 4.85. The summed E-state index contributed by atoms with van der Waals surface area (Å²) in [7, 11) is 1.67. The Morgan fingerprint density at radius 1 is 1.19 bits per heavy atom. The second-order valence-corrected chi connectivity index (χ2v) is 10.5. The molecule has 10 heteroatoms. The smallest absolute Gasteiger partial charge is 0.245 e. The van der Waals surface area contributed by atoms with Crippen LogP contribution in [0, 0.1) is 12.8 Å². The van der Waals surface area contributed by atoms with Crippen LogP contribution in [0.25, 0.3) is 22.6 Å². The number of aryl methyl sites for hydroxylation is 1. The molecule has 1 N–H and O–H groups in total. The highest BCUT2D eigenvalue weighted by Gasteiger charge is 2.41. The largest absolute Gasteiger partial charge is 0.470 e. The van der Waals surface area contributed by atoms with E-state index < -0.39 is 0 Å². The summed E-state index contributed by atoms with van der Waals surface area (Å²) in [5.74, 6) is 1.22. The third-order valence-corrected chi connectivity index (χ3v) is 7.46. The average molecular weight is 518 g/mol. The van der Waals surface area contributed by atoms with Gasteiger partial charge in [0.1, 0.15) is 17.8 Å². The quantitative estimate of drug-likeness (QED) is 0.395. The van der Waals surface area contributed by atoms with Crippen LogP contribution in [-0.2, 0) is 11.3 Å². The predicted octanol–water partition coefficient (Wildman–Crippen LogP) is 4.01. The molecule has 0 atom stereocenters. The molecule has 4 heterocycles. The van der Waals surface area contributed by atoms with Crippen LogP contribution in [0.4, 0.5) is 5.69 Å². The van der Waals surface area contributed by atoms with Gasteiger partial charge in [0.05, 0.1) is 23.2 Å². The van der Waals surface area contributed by atoms with Crippen LogP contribution >= 0.6 is 11.6 Å². The summed E-state index contributed by atoms with van der Waals surface area (Å²) in [6.45, 7) is 5.93. The number of carbonyl (C=O) groups is 1. The van der Waals surface area contributed by atoms with Gasteiger partial charge < -0.3 is 19.5 Å². The summed E-state index contributed by atoms with van der Waals surface area (Å²) < 4.78 is 8.25. The van der Waals surface area contributed by atoms with Crippen LogP contribution in [0.1, 0.15) is 31.0 Å². The van der Waals surface area contributed by atoms with E-state index in [1.165, 1.54) is 6.33 Å². The van der Waals surface area contributed by atoms with Gasteiger partial charge in [-0.1, -0.05) is 11.6 Å². The number of halogens is 1. The van der Waals surface area contributed by atoms with Gasteiger partial charge in [-0.15, -0.1) is 0 Å². The van der Waals surface area contributed by atoms with E-state index in [2.05, 4.69) is 38.2 Å². The molecule has 2 fully saturated rings. The van der Waals surface area contributed by atoms with Crippen molar-refractivity contribution in [2.45, 2.75) is 38.8 Å². The highest BCUT2D eigenvalue weighted by atomic mass is 35.5. The number of nitrogens with one attached hydrogen (secondary N) is 1. The van der Waals surface area contributed by atoms with E-state index in [0.717, 1.165) is 35.3 Å². The first-order valence-electron chi connectivity index (χ1n) is 12.4. The lowest BCUT2D eigenvalue weighted by atomic mass is 9.98. The Bertz CT molecular complexity index is 1510. The molecule has 0 bridgehead atoms. The molecule has 3 aromatic heterocycles. The Morgan fingerprint density at radius 2 is 2.00 bits per heavy atom. The molecule has 1 aliphatic carbocycles. The number of aromatic nitrogens is 5. The molecule has 0 unspecified atom stereocenters. The molecule has 37 heavy (non-hydrogen) atoms. The first kappa shape index (κ1) is 23.7. The van der Waals surface area contributed by atoms with Crippen molar-refractivity contribution in [3.8, 4) is 17.3 Å². The number of hydrogen-bond donors (Lipinski definition) is 1. The molecule has 1 amide bonds. The number of carbonyl (C=O) groups excluding carboxylic acids is 1. The minimum Gasteiger partial charge on any atom is -0.470 e. The first-order chi connectivity index (χ1) is 17.8. The fourth-order valence-corrected chi connectivity index (χ4v) is 4.91. The molecule has 4 aromatic rings. The normalized spacial score (nSPS) is 16.5. The number of pyridine rings is 1. The fraction of sp³-hybridized carbons (Fsp3) is 0.370. The zero-order valence-electron chi connectivity index (χ0n) is 21.0. The lowest BCUT2D eigenvalue weighted by Gasteiger charge is -2.40. The number of ether oxygens (including phenoxy) is 1. The monoisotopic (exact) mass is 517 g/mol. The third kappa shape index (κ3) is 4.48. The number of amides is 1. The van der Waals surface area contributed by atoms with Gasteiger partial charge in [-0.25, -0.2) is 9.97 Å². The molecular weight excluding hydrogens is 490 g/mol. The van der Waals surface area contributed by atoms with Crippen LogP contribution in [0.2, 0.25) is 5.02 Å². The van der Waals surface area contributed by atoms with E-state index in [9.17, 15) is 4.79 Å². The highest BCUT2D eigenvalue weighted by Crippen LogP contribution is 2.41. The van der Waals surface area contributed by atoms with E-state index in [-0.39, 0.29) is 17.4 Å². The second-order valence-electron chi connectivity index (χ2n) is 10.1. The van der Waals surface area contributed by atoms with E-state index in [1.54, 1.807) is 7.05 Å². The van der Waals surface area contributed by atoms with Gasteiger partial charge in [0.15, 0.2) is 11.2 Å². The van der Waals surface area contributed by atoms with E-state index >= 15 is 0 Å². The summed E-state index contributed by atoms with van der Waals surface area (Å²) in [4.78, 5) is 32.5. The summed E-state index contributed by atoms with van der Waals surface area (Å²) in [5, 5.41) is 3.29. The summed E-state index contributed by atoms with van der Waals surface area (Å²) in [6.07, 6.45) is 5.31. The summed E-state index contributed by atoms with van der Waals surface area (Å²) >= 11 is 6.86. The Hall–Kier alpha value is -3.72. The van der Waals surface area contributed by atoms with Gasteiger partial charge in [-0.2, -0.15) is 4.98 Å². The standard InChI is InChI=1S/C27H28ClN7O2/c1-16-6-9-30-18(10-16)14-35-23(33-22-24(35)31-15-32-26(22)37-27(2)7-8-27)20-5-4-19(11-21(20)28)34-12-17(13-34)25(36)29-3/h4-6,9-11,15,17H,7-8,12-14H2,1-3H3,(H,29,36). The maximum Gasteiger partial charge on any atom is 0.245 e. The SMILES string of the molecule is CNC(=O)C1CN(c2ccc(-c3nc4c(OC5(C)CC5)ncnc4n3Cc3cc(C)ccn3)c(Cl)c2)C1. The maximum absolute atomic E-state index is 11.9. The molecule has 1 saturated heterocycles. The average Bonchev–Trinajstić information content (AvgIpc) is 3.46. The van der Waals surface area contributed by atoms with Crippen LogP contribution in [-0.4, -0.2) is 56.1 Å². The molecule has 1 aromatic carbocycles. The van der Waals surface area contributed by atoms with Crippen LogP contribution in [0.5, 0.6) is 5.88 Å². The highest BCUT2D eigenvalue weighted by molar-refractivity contribution is 6.33. The molecule has 1 aliphatic heterocycles. The first-order valence-corrected chi connectivity index (χ1v) is 12.8. The Labute approximate surface area is 219 Å². The van der Waals surface area contributed by atoms with Gasteiger partial charge >= 0.3 is 0 Å². The molecule has 6 rings (SSSR count). The number of anilines is 1. The van der Waals surface area contributed by atoms with Crippen molar-refractivity contribution in [1.29, 1.82) is 0 Å². The lowest BCUT2D eigenvalue weighted by Crippen LogP contribution is -2.53. The molecular formula is C27H28ClN7O2. The molecule has 2 aliphatic rings. The zero-order valence-corrected chi connectivity index (χ0v) is 21.8. The number of benzene rings is 1. The van der Waals surface area contributed by atoms with Crippen molar-refractivity contribution >= 4 is 34.4 Å². The number of rotatable bonds is 7. The Kier molecular flexibility index (Phi) is 5.75. The van der Waals surface area contributed by atoms with Crippen LogP contribution in [0.15, 0.2) is 42.9 Å². The van der Waals surface area contributed by atoms with Gasteiger partial charge in [0, 0.05) is 37.6 Å². The van der Waals surface area contributed by atoms with Gasteiger partial charge in [0.25, 0.3) is 0 Å². The topological polar surface area (TPSA) is 98.1 Å². The molecule has 0 spiro atoms. The van der Waals surface area contributed by atoms with Crippen molar-refractivity contribution in [2.24, 2.45) is 5.92 Å². The number of hydrogen-bond acceptors (Lipinski definition) is 7. The molecule has 9 nitrogen and oxygen atoms in total. The van der Waals surface area contributed by atoms with Crippen molar-refractivity contribution in [1.82, 2.24) is 29.8 Å². The van der Waals surface area contributed by atoms with Crippen molar-refractivity contribution in [2.75, 3.05) is 25.0 Å². The van der Waals surface area contributed by atoms with Gasteiger partial charge in [-0.05, 0) is 62.6 Å². The third-order valence-electron chi connectivity index (χ3n) is 7.15. The zero-order chi connectivity index (χ0) is 25.7. The van der Waals surface area contributed by atoms with Gasteiger partial charge in [0.2, 0.25) is 11.8 Å². The molecule has 0 radical (unpaired) electrons. The Morgan fingerprint density at radius 3 is 2.70 bits per heavy atom. The predicted molar refractivity (Wildman–Crippen MR) is 142 cm³/mol. The van der Waals surface area contributed by atoms with E-state index in [0.29, 0.717) is 47.5 Å². The van der Waals surface area contributed by atoms with Gasteiger partial charge in [-0.3, -0.25) is 9.78 Å². The maximum atomic E-state index is 11.9. The van der Waals surface area contributed by atoms with Crippen molar-refractivity contribution in [3.05, 3.63) is 59.1 Å². The van der Waals surface area contributed by atoms with Crippen LogP contribution < -0.4 is 15.0 Å². The molecule has 190 valence electrons. The fourth-order valence-electron chi connectivity index (χ4n) is 4.65. The number of imidazole rings is 1. The van der Waals surface area contributed by atoms with E-state index in [1.807, 2.05) is 42.0 Å². The van der Waals surface area contributed by atoms with Crippen molar-refractivity contribution in [3.63, 3.8) is 0 Å². The van der Waals surface area contributed by atoms with E-state index in [4.69, 9.17) is 21.3 Å². The minimum atomic E-state index is -0.202. The number of nitrogens with zero attached hydrogens (tertiary/aromatic N) is 6. The van der Waals surface area contributed by atoms with Crippen molar-refractivity contribution < 1.29 is 9.53 Å². The lowest BCUT2D eigenvalue weighted by molar-refractivity contribution is -0.125. The van der Waals surface area contributed by atoms with Crippen LogP contribution in [0.3, 0.4) is 0 Å². The summed E-state index contributed by atoms with van der Waals surface area (Å²) in [6, 6.07) is 9.95.